The molecule has 1 aromatic carbocycles. The monoisotopic (exact) mass is 223 g/mol. The molecule has 16 heavy (non-hydrogen) atoms. The van der Waals surface area contributed by atoms with Crippen molar-refractivity contribution in [3.8, 4) is 5.75 Å². The van der Waals surface area contributed by atoms with Crippen LogP contribution in [-0.2, 0) is 16.0 Å². The first-order valence-corrected chi connectivity index (χ1v) is 5.04. The van der Waals surface area contributed by atoms with Crippen LogP contribution < -0.4 is 4.74 Å². The van der Waals surface area contributed by atoms with Gasteiger partial charge in [-0.2, -0.15) is 0 Å². The van der Waals surface area contributed by atoms with Crippen molar-refractivity contribution in [3.63, 3.8) is 0 Å². The normalized spacial score (nSPS) is 9.94. The lowest BCUT2D eigenvalue weighted by Crippen LogP contribution is -2.23. The number of ether oxygens (including phenoxy) is 2. The van der Waals surface area contributed by atoms with Gasteiger partial charge in [0.05, 0.1) is 6.42 Å². The van der Waals surface area contributed by atoms with Gasteiger partial charge in [-0.05, 0) is 17.7 Å². The molecule has 0 aromatic heterocycles. The first kappa shape index (κ1) is 12.5. The maximum atomic E-state index is 11.4. The van der Waals surface area contributed by atoms with Crippen molar-refractivity contribution < 1.29 is 14.3 Å². The second-order valence-electron chi connectivity index (χ2n) is 3.66. The molecule has 0 heterocycles. The molecule has 88 valence electrons. The summed E-state index contributed by atoms with van der Waals surface area (Å²) in [6.45, 7) is 0.232. The first-order chi connectivity index (χ1) is 7.63. The van der Waals surface area contributed by atoms with E-state index in [2.05, 4.69) is 0 Å². The lowest BCUT2D eigenvalue weighted by atomic mass is 10.1. The molecule has 0 unspecified atom stereocenters. The first-order valence-electron chi connectivity index (χ1n) is 5.04. The van der Waals surface area contributed by atoms with E-state index in [0.717, 1.165) is 11.3 Å². The fraction of sp³-hybridized carbons (Fsp3) is 0.417. The van der Waals surface area contributed by atoms with Crippen LogP contribution in [0.5, 0.6) is 5.75 Å². The molecule has 0 fully saturated rings. The molecular formula is C12H17NO3. The number of carbonyl (C=O) groups excluding carboxylic acids is 1. The van der Waals surface area contributed by atoms with E-state index >= 15 is 0 Å². The lowest BCUT2D eigenvalue weighted by molar-refractivity contribution is -0.127. The van der Waals surface area contributed by atoms with Gasteiger partial charge in [0.25, 0.3) is 0 Å². The molecule has 0 radical (unpaired) electrons. The van der Waals surface area contributed by atoms with Crippen LogP contribution in [-0.4, -0.2) is 38.8 Å². The molecule has 0 spiro atoms. The maximum absolute atomic E-state index is 11.4. The molecule has 0 saturated heterocycles. The summed E-state index contributed by atoms with van der Waals surface area (Å²) in [5.74, 6) is 0.827. The minimum absolute atomic E-state index is 0.0885. The minimum Gasteiger partial charge on any atom is -0.468 e. The standard InChI is InChI=1S/C12H17NO3/c1-13(2)12(14)8-10-4-6-11(7-5-10)16-9-15-3/h4-7H,8-9H2,1-3H3. The summed E-state index contributed by atoms with van der Waals surface area (Å²) in [5, 5.41) is 0. The Kier molecular flexibility index (Phi) is 4.79. The third-order valence-electron chi connectivity index (χ3n) is 2.12. The van der Waals surface area contributed by atoms with Crippen LogP contribution in [0, 0.1) is 0 Å². The highest BCUT2D eigenvalue weighted by Gasteiger charge is 2.05. The van der Waals surface area contributed by atoms with E-state index in [-0.39, 0.29) is 12.7 Å². The Morgan fingerprint density at radius 3 is 2.38 bits per heavy atom. The fourth-order valence-electron chi connectivity index (χ4n) is 1.16. The number of amides is 1. The van der Waals surface area contributed by atoms with E-state index in [1.807, 2.05) is 24.3 Å². The number of methoxy groups -OCH3 is 1. The average Bonchev–Trinajstić information content (AvgIpc) is 2.28. The number of benzene rings is 1. The zero-order valence-corrected chi connectivity index (χ0v) is 9.90. The van der Waals surface area contributed by atoms with Gasteiger partial charge in [0.15, 0.2) is 6.79 Å². The average molecular weight is 223 g/mol. The highest BCUT2D eigenvalue weighted by Crippen LogP contribution is 2.12. The van der Waals surface area contributed by atoms with Crippen molar-refractivity contribution in [3.05, 3.63) is 29.8 Å². The highest BCUT2D eigenvalue weighted by molar-refractivity contribution is 5.78. The predicted octanol–water partition coefficient (Wildman–Crippen LogP) is 1.30. The summed E-state index contributed by atoms with van der Waals surface area (Å²) in [7, 11) is 5.07. The van der Waals surface area contributed by atoms with E-state index in [0.29, 0.717) is 6.42 Å². The number of carbonyl (C=O) groups is 1. The number of hydrogen-bond donors (Lipinski definition) is 0. The SMILES string of the molecule is COCOc1ccc(CC(=O)N(C)C)cc1. The van der Waals surface area contributed by atoms with Gasteiger partial charge in [-0.1, -0.05) is 12.1 Å². The smallest absolute Gasteiger partial charge is 0.226 e. The molecule has 0 aliphatic heterocycles. The van der Waals surface area contributed by atoms with Crippen LogP contribution in [0.1, 0.15) is 5.56 Å². The molecule has 1 amide bonds. The zero-order chi connectivity index (χ0) is 12.0. The van der Waals surface area contributed by atoms with E-state index in [9.17, 15) is 4.79 Å². The summed E-state index contributed by atoms with van der Waals surface area (Å²) in [6, 6.07) is 7.42. The molecule has 4 nitrogen and oxygen atoms in total. The minimum atomic E-state index is 0.0885. The van der Waals surface area contributed by atoms with Crippen LogP contribution in [0.2, 0.25) is 0 Å². The molecular weight excluding hydrogens is 206 g/mol. The highest BCUT2D eigenvalue weighted by atomic mass is 16.7. The van der Waals surface area contributed by atoms with E-state index < -0.39 is 0 Å². The van der Waals surface area contributed by atoms with Crippen LogP contribution in [0.25, 0.3) is 0 Å². The largest absolute Gasteiger partial charge is 0.468 e. The third-order valence-corrected chi connectivity index (χ3v) is 2.12. The molecule has 0 aliphatic rings. The van der Waals surface area contributed by atoms with E-state index in [1.54, 1.807) is 26.1 Å². The van der Waals surface area contributed by atoms with Crippen LogP contribution >= 0.6 is 0 Å². The second-order valence-corrected chi connectivity index (χ2v) is 3.66. The molecule has 0 saturated carbocycles. The van der Waals surface area contributed by atoms with Gasteiger partial charge in [-0.3, -0.25) is 4.79 Å². The Hall–Kier alpha value is -1.55. The van der Waals surface area contributed by atoms with Gasteiger partial charge in [0.1, 0.15) is 5.75 Å². The molecule has 0 aliphatic carbocycles. The van der Waals surface area contributed by atoms with Crippen molar-refractivity contribution in [2.24, 2.45) is 0 Å². The van der Waals surface area contributed by atoms with Crippen molar-refractivity contribution in [1.82, 2.24) is 4.90 Å². The topological polar surface area (TPSA) is 38.8 Å². The molecule has 1 rings (SSSR count). The molecule has 1 aromatic rings. The van der Waals surface area contributed by atoms with E-state index in [1.165, 1.54) is 0 Å². The third kappa shape index (κ3) is 3.90. The van der Waals surface area contributed by atoms with Gasteiger partial charge in [-0.15, -0.1) is 0 Å². The predicted molar refractivity (Wildman–Crippen MR) is 61.3 cm³/mol. The van der Waals surface area contributed by atoms with Crippen LogP contribution in [0.4, 0.5) is 0 Å². The number of hydrogen-bond acceptors (Lipinski definition) is 3. The zero-order valence-electron chi connectivity index (χ0n) is 9.90. The van der Waals surface area contributed by atoms with Crippen molar-refractivity contribution in [2.75, 3.05) is 28.0 Å². The van der Waals surface area contributed by atoms with Gasteiger partial charge in [0.2, 0.25) is 5.91 Å². The van der Waals surface area contributed by atoms with Gasteiger partial charge in [0, 0.05) is 21.2 Å². The summed E-state index contributed by atoms with van der Waals surface area (Å²) < 4.78 is 10.0. The number of nitrogens with zero attached hydrogens (tertiary/aromatic N) is 1. The van der Waals surface area contributed by atoms with Gasteiger partial charge in [-0.25, -0.2) is 0 Å². The molecule has 0 atom stereocenters. The summed E-state index contributed by atoms with van der Waals surface area (Å²) in [5.41, 5.74) is 0.975. The van der Waals surface area contributed by atoms with Crippen molar-refractivity contribution >= 4 is 5.91 Å². The van der Waals surface area contributed by atoms with E-state index in [4.69, 9.17) is 9.47 Å². The van der Waals surface area contributed by atoms with Crippen LogP contribution in [0.3, 0.4) is 0 Å². The Bertz CT molecular complexity index is 333. The fourth-order valence-corrected chi connectivity index (χ4v) is 1.16. The van der Waals surface area contributed by atoms with Crippen molar-refractivity contribution in [2.45, 2.75) is 6.42 Å². The van der Waals surface area contributed by atoms with Crippen molar-refractivity contribution in [1.29, 1.82) is 0 Å². The van der Waals surface area contributed by atoms with Crippen LogP contribution in [0.15, 0.2) is 24.3 Å². The summed E-state index contributed by atoms with van der Waals surface area (Å²) >= 11 is 0. The molecule has 0 bridgehead atoms. The summed E-state index contributed by atoms with van der Waals surface area (Å²) in [4.78, 5) is 13.0. The summed E-state index contributed by atoms with van der Waals surface area (Å²) in [6.07, 6.45) is 0.414. The number of rotatable bonds is 5. The Balaban J connectivity index is 2.54. The van der Waals surface area contributed by atoms with Gasteiger partial charge >= 0.3 is 0 Å². The lowest BCUT2D eigenvalue weighted by Gasteiger charge is -2.10. The Labute approximate surface area is 95.8 Å². The Morgan fingerprint density at radius 2 is 1.88 bits per heavy atom. The van der Waals surface area contributed by atoms with Gasteiger partial charge < -0.3 is 14.4 Å². The maximum Gasteiger partial charge on any atom is 0.226 e. The Morgan fingerprint density at radius 1 is 1.25 bits per heavy atom. The number of likely N-dealkylation sites (N-methyl/N-ethyl adjacent to an activating group) is 1. The molecule has 4 heteroatoms. The second kappa shape index (κ2) is 6.12. The quantitative estimate of drug-likeness (QED) is 0.706. The molecule has 0 N–H and O–H groups in total.